The van der Waals surface area contributed by atoms with Crippen molar-refractivity contribution in [2.75, 3.05) is 5.32 Å². The summed E-state index contributed by atoms with van der Waals surface area (Å²) < 4.78 is 17.2. The van der Waals surface area contributed by atoms with Gasteiger partial charge in [0.2, 0.25) is 5.91 Å². The van der Waals surface area contributed by atoms with Crippen LogP contribution in [0.2, 0.25) is 0 Å². The van der Waals surface area contributed by atoms with E-state index in [1.165, 1.54) is 0 Å². The number of hydrogen-bond donors (Lipinski definition) is 1. The van der Waals surface area contributed by atoms with Crippen molar-refractivity contribution in [2.45, 2.75) is 31.8 Å². The number of hydrogen-bond acceptors (Lipinski definition) is 4. The summed E-state index contributed by atoms with van der Waals surface area (Å²) in [6, 6.07) is 9.36. The first-order valence-corrected chi connectivity index (χ1v) is 8.01. The van der Waals surface area contributed by atoms with Crippen molar-refractivity contribution >= 4 is 22.5 Å². The molecular weight excluding hydrogens is 288 g/mol. The normalized spacial score (nSPS) is 13.7. The molecule has 2 atom stereocenters. The maximum Gasteiger partial charge on any atom is 0.241 e. The van der Waals surface area contributed by atoms with E-state index in [-0.39, 0.29) is 5.91 Å². The van der Waals surface area contributed by atoms with Gasteiger partial charge >= 0.3 is 0 Å². The van der Waals surface area contributed by atoms with E-state index in [1.807, 2.05) is 31.2 Å². The molecule has 1 aromatic heterocycles. The van der Waals surface area contributed by atoms with Gasteiger partial charge in [0, 0.05) is 22.6 Å². The molecule has 5 nitrogen and oxygen atoms in total. The fraction of sp³-hybridized carbons (Fsp3) is 0.333. The highest BCUT2D eigenvalue weighted by atomic mass is 32.2. The van der Waals surface area contributed by atoms with Crippen molar-refractivity contribution in [3.05, 3.63) is 47.2 Å². The van der Waals surface area contributed by atoms with Crippen molar-refractivity contribution in [2.24, 2.45) is 0 Å². The summed E-state index contributed by atoms with van der Waals surface area (Å²) >= 11 is 0. The summed E-state index contributed by atoms with van der Waals surface area (Å²) in [5.41, 5.74) is 2.07. The van der Waals surface area contributed by atoms with E-state index < -0.39 is 16.0 Å². The number of nitrogens with zero attached hydrogens (tertiary/aromatic N) is 1. The molecular formula is C15H18N2O3S. The van der Waals surface area contributed by atoms with Gasteiger partial charge in [0.15, 0.2) is 5.82 Å². The predicted molar refractivity (Wildman–Crippen MR) is 82.4 cm³/mol. The van der Waals surface area contributed by atoms with Crippen LogP contribution in [0.15, 0.2) is 34.9 Å². The number of benzene rings is 1. The average Bonchev–Trinajstić information content (AvgIpc) is 2.85. The van der Waals surface area contributed by atoms with Gasteiger partial charge in [-0.05, 0) is 31.9 Å². The Morgan fingerprint density at radius 1 is 1.38 bits per heavy atom. The first-order valence-electron chi connectivity index (χ1n) is 6.63. The van der Waals surface area contributed by atoms with Crippen LogP contribution in [0.4, 0.5) is 5.82 Å². The van der Waals surface area contributed by atoms with Crippen LogP contribution in [0.5, 0.6) is 0 Å². The fourth-order valence-corrected chi connectivity index (χ4v) is 3.00. The van der Waals surface area contributed by atoms with E-state index in [4.69, 9.17) is 4.52 Å². The molecule has 6 heteroatoms. The van der Waals surface area contributed by atoms with E-state index in [9.17, 15) is 9.00 Å². The third-order valence-corrected chi connectivity index (χ3v) is 4.80. The first-order chi connectivity index (χ1) is 9.97. The highest BCUT2D eigenvalue weighted by molar-refractivity contribution is 7.85. The average molecular weight is 306 g/mol. The van der Waals surface area contributed by atoms with Gasteiger partial charge in [-0.2, -0.15) is 0 Å². The van der Waals surface area contributed by atoms with Crippen LogP contribution in [0.1, 0.15) is 23.8 Å². The number of carbonyl (C=O) groups is 1. The zero-order chi connectivity index (χ0) is 15.4. The minimum atomic E-state index is -1.29. The number of nitrogens with one attached hydrogen (secondary N) is 1. The van der Waals surface area contributed by atoms with Crippen LogP contribution in [0, 0.1) is 13.8 Å². The van der Waals surface area contributed by atoms with Gasteiger partial charge in [-0.3, -0.25) is 9.00 Å². The zero-order valence-electron chi connectivity index (χ0n) is 12.3. The van der Waals surface area contributed by atoms with Gasteiger partial charge in [-0.25, -0.2) is 0 Å². The Morgan fingerprint density at radius 3 is 2.71 bits per heavy atom. The van der Waals surface area contributed by atoms with E-state index in [2.05, 4.69) is 10.5 Å². The molecule has 0 bridgehead atoms. The third kappa shape index (κ3) is 4.01. The molecule has 2 unspecified atom stereocenters. The lowest BCUT2D eigenvalue weighted by Gasteiger charge is -2.11. The summed E-state index contributed by atoms with van der Waals surface area (Å²) in [7, 11) is -1.29. The molecule has 0 saturated heterocycles. The molecule has 0 aliphatic rings. The topological polar surface area (TPSA) is 72.2 Å². The Labute approximate surface area is 126 Å². The summed E-state index contributed by atoms with van der Waals surface area (Å²) in [5.74, 6) is 0.991. The van der Waals surface area contributed by atoms with E-state index in [1.54, 1.807) is 19.9 Å². The van der Waals surface area contributed by atoms with Crippen molar-refractivity contribution in [1.29, 1.82) is 0 Å². The Hall–Kier alpha value is -1.95. The molecule has 112 valence electrons. The number of rotatable bonds is 5. The molecule has 1 N–H and O–H groups in total. The second-order valence-electron chi connectivity index (χ2n) is 4.91. The lowest BCUT2D eigenvalue weighted by atomic mass is 10.1. The SMILES string of the molecule is Cc1cc(NC(=O)C(C)S(=O)Cc2ccccc2C)no1. The molecule has 0 saturated carbocycles. The van der Waals surface area contributed by atoms with Gasteiger partial charge in [-0.1, -0.05) is 29.4 Å². The van der Waals surface area contributed by atoms with Gasteiger partial charge in [0.25, 0.3) is 0 Å². The van der Waals surface area contributed by atoms with Crippen molar-refractivity contribution in [1.82, 2.24) is 5.16 Å². The summed E-state index contributed by atoms with van der Waals surface area (Å²) in [6.07, 6.45) is 0. The van der Waals surface area contributed by atoms with E-state index in [0.717, 1.165) is 11.1 Å². The molecule has 0 spiro atoms. The standard InChI is InChI=1S/C15H18N2O3S/c1-10-6-4-5-7-13(10)9-21(19)12(3)15(18)16-14-8-11(2)20-17-14/h4-8,12H,9H2,1-3H3,(H,16,17,18). The largest absolute Gasteiger partial charge is 0.360 e. The molecule has 0 radical (unpaired) electrons. The lowest BCUT2D eigenvalue weighted by molar-refractivity contribution is -0.115. The molecule has 0 aliphatic heterocycles. The van der Waals surface area contributed by atoms with Crippen molar-refractivity contribution in [3.8, 4) is 0 Å². The quantitative estimate of drug-likeness (QED) is 0.921. The monoisotopic (exact) mass is 306 g/mol. The van der Waals surface area contributed by atoms with Crippen LogP contribution in [0.3, 0.4) is 0 Å². The van der Waals surface area contributed by atoms with Crippen LogP contribution in [-0.4, -0.2) is 20.5 Å². The van der Waals surface area contributed by atoms with Crippen LogP contribution < -0.4 is 5.32 Å². The Kier molecular flexibility index (Phi) is 4.90. The van der Waals surface area contributed by atoms with Gasteiger partial charge in [0.05, 0.1) is 0 Å². The summed E-state index contributed by atoms with van der Waals surface area (Å²) in [6.45, 7) is 5.36. The molecule has 2 rings (SSSR count). The fourth-order valence-electron chi connectivity index (χ4n) is 1.82. The number of anilines is 1. The van der Waals surface area contributed by atoms with Crippen molar-refractivity contribution in [3.63, 3.8) is 0 Å². The highest BCUT2D eigenvalue weighted by Gasteiger charge is 2.21. The smallest absolute Gasteiger partial charge is 0.241 e. The molecule has 2 aromatic rings. The van der Waals surface area contributed by atoms with Crippen LogP contribution >= 0.6 is 0 Å². The first kappa shape index (κ1) is 15.4. The number of amides is 1. The van der Waals surface area contributed by atoms with Crippen molar-refractivity contribution < 1.29 is 13.5 Å². The molecule has 1 amide bonds. The second-order valence-corrected chi connectivity index (χ2v) is 6.66. The predicted octanol–water partition coefficient (Wildman–Crippen LogP) is 2.57. The van der Waals surface area contributed by atoms with E-state index in [0.29, 0.717) is 17.3 Å². The van der Waals surface area contributed by atoms with Gasteiger partial charge in [-0.15, -0.1) is 0 Å². The number of aryl methyl sites for hydroxylation is 2. The van der Waals surface area contributed by atoms with Crippen LogP contribution in [0.25, 0.3) is 0 Å². The summed E-state index contributed by atoms with van der Waals surface area (Å²) in [4.78, 5) is 12.1. The highest BCUT2D eigenvalue weighted by Crippen LogP contribution is 2.14. The van der Waals surface area contributed by atoms with Gasteiger partial charge < -0.3 is 9.84 Å². The Morgan fingerprint density at radius 2 is 2.10 bits per heavy atom. The van der Waals surface area contributed by atoms with Crippen LogP contribution in [-0.2, 0) is 21.3 Å². The third-order valence-electron chi connectivity index (χ3n) is 3.20. The van der Waals surface area contributed by atoms with E-state index >= 15 is 0 Å². The minimum absolute atomic E-state index is 0.324. The molecule has 0 aliphatic carbocycles. The van der Waals surface area contributed by atoms with Gasteiger partial charge in [0.1, 0.15) is 11.0 Å². The lowest BCUT2D eigenvalue weighted by Crippen LogP contribution is -2.30. The minimum Gasteiger partial charge on any atom is -0.360 e. The second kappa shape index (κ2) is 6.67. The molecule has 21 heavy (non-hydrogen) atoms. The number of carbonyl (C=O) groups excluding carboxylic acids is 1. The Bertz CT molecular complexity index is 666. The summed E-state index contributed by atoms with van der Waals surface area (Å²) in [5, 5.41) is 5.67. The zero-order valence-corrected chi connectivity index (χ0v) is 13.1. The molecule has 1 heterocycles. The maximum absolute atomic E-state index is 12.3. The molecule has 1 aromatic carbocycles. The number of aromatic nitrogens is 1. The molecule has 0 fully saturated rings. The Balaban J connectivity index is 1.98. The maximum atomic E-state index is 12.3.